The van der Waals surface area contributed by atoms with Gasteiger partial charge in [-0.1, -0.05) is 30.3 Å². The predicted molar refractivity (Wildman–Crippen MR) is 98.7 cm³/mol. The van der Waals surface area contributed by atoms with Gasteiger partial charge in [0.2, 0.25) is 10.0 Å². The Bertz CT molecular complexity index is 993. The maximum atomic E-state index is 11.4. The number of aromatic nitrogens is 1. The first-order valence-electron chi connectivity index (χ1n) is 8.41. The van der Waals surface area contributed by atoms with Gasteiger partial charge in [-0.25, -0.2) is 13.6 Å². The fourth-order valence-electron chi connectivity index (χ4n) is 3.68. The smallest absolute Gasteiger partial charge is 0.238 e. The molecule has 3 N–H and O–H groups in total. The zero-order valence-electron chi connectivity index (χ0n) is 13.9. The third kappa shape index (κ3) is 3.33. The lowest BCUT2D eigenvalue weighted by atomic mass is 9.99. The molecule has 130 valence electrons. The van der Waals surface area contributed by atoms with Gasteiger partial charge in [-0.2, -0.15) is 0 Å². The number of para-hydroxylation sites is 1. The summed E-state index contributed by atoms with van der Waals surface area (Å²) in [7, 11) is -3.62. The molecule has 25 heavy (non-hydrogen) atoms. The van der Waals surface area contributed by atoms with Crippen LogP contribution in [-0.2, 0) is 16.6 Å². The number of rotatable bonds is 4. The summed E-state index contributed by atoms with van der Waals surface area (Å²) in [6, 6.07) is 15.3. The fraction of sp³-hybridized carbons (Fsp3) is 0.263. The molecule has 1 fully saturated rings. The second-order valence-corrected chi connectivity index (χ2v) is 8.26. The number of primary sulfonamides is 1. The molecule has 0 radical (unpaired) electrons. The number of nitrogens with zero attached hydrogens (tertiary/aromatic N) is 1. The minimum atomic E-state index is -3.62. The summed E-state index contributed by atoms with van der Waals surface area (Å²) in [5.41, 5.74) is 3.67. The fourth-order valence-corrected chi connectivity index (χ4v) is 4.20. The molecule has 1 atom stereocenters. The van der Waals surface area contributed by atoms with Crippen LogP contribution in [0.3, 0.4) is 0 Å². The van der Waals surface area contributed by atoms with Gasteiger partial charge >= 0.3 is 0 Å². The summed E-state index contributed by atoms with van der Waals surface area (Å²) in [6.07, 6.45) is 3.18. The number of sulfonamides is 1. The maximum Gasteiger partial charge on any atom is 0.238 e. The van der Waals surface area contributed by atoms with E-state index < -0.39 is 10.0 Å². The van der Waals surface area contributed by atoms with Gasteiger partial charge in [-0.3, -0.25) is 4.90 Å². The quantitative estimate of drug-likeness (QED) is 0.755. The normalized spacial score (nSPS) is 18.8. The van der Waals surface area contributed by atoms with Crippen molar-refractivity contribution in [2.45, 2.75) is 23.8 Å². The number of hydrogen-bond acceptors (Lipinski definition) is 3. The van der Waals surface area contributed by atoms with Crippen LogP contribution in [0.4, 0.5) is 0 Å². The van der Waals surface area contributed by atoms with Crippen LogP contribution in [0.2, 0.25) is 0 Å². The number of benzene rings is 2. The van der Waals surface area contributed by atoms with Crippen LogP contribution in [0.25, 0.3) is 10.9 Å². The maximum absolute atomic E-state index is 11.4. The summed E-state index contributed by atoms with van der Waals surface area (Å²) in [5, 5.41) is 6.45. The van der Waals surface area contributed by atoms with Gasteiger partial charge < -0.3 is 4.98 Å². The first kappa shape index (κ1) is 16.3. The predicted octanol–water partition coefficient (Wildman–Crippen LogP) is 2.80. The number of nitrogens with one attached hydrogen (secondary N) is 1. The van der Waals surface area contributed by atoms with E-state index in [1.807, 2.05) is 18.2 Å². The monoisotopic (exact) mass is 355 g/mol. The molecule has 0 spiro atoms. The number of fused-ring (bicyclic) bond motifs is 1. The van der Waals surface area contributed by atoms with Crippen molar-refractivity contribution in [2.24, 2.45) is 5.14 Å². The summed E-state index contributed by atoms with van der Waals surface area (Å²) >= 11 is 0. The lowest BCUT2D eigenvalue weighted by molar-refractivity contribution is 0.328. The molecular formula is C19H21N3O2S. The summed E-state index contributed by atoms with van der Waals surface area (Å²) in [5.74, 6) is 0.430. The first-order chi connectivity index (χ1) is 12.0. The van der Waals surface area contributed by atoms with E-state index in [4.69, 9.17) is 5.14 Å². The molecule has 0 bridgehead atoms. The van der Waals surface area contributed by atoms with E-state index >= 15 is 0 Å². The van der Waals surface area contributed by atoms with Crippen LogP contribution in [-0.4, -0.2) is 31.4 Å². The molecule has 1 aliphatic heterocycles. The van der Waals surface area contributed by atoms with E-state index in [-0.39, 0.29) is 4.90 Å². The Morgan fingerprint density at radius 1 is 1.12 bits per heavy atom. The van der Waals surface area contributed by atoms with Crippen molar-refractivity contribution in [2.75, 3.05) is 13.1 Å². The van der Waals surface area contributed by atoms with Gasteiger partial charge in [0.1, 0.15) is 0 Å². The number of hydrogen-bond donors (Lipinski definition) is 2. The molecule has 1 saturated heterocycles. The zero-order chi connectivity index (χ0) is 17.4. The van der Waals surface area contributed by atoms with Gasteiger partial charge in [0.15, 0.2) is 0 Å². The molecule has 6 heteroatoms. The Labute approximate surface area is 147 Å². The zero-order valence-corrected chi connectivity index (χ0v) is 14.7. The molecule has 1 aliphatic rings. The van der Waals surface area contributed by atoms with Crippen molar-refractivity contribution in [3.8, 4) is 0 Å². The standard InChI is InChI=1S/C19H21N3O2S/c20-25(23,24)17-7-5-14(6-8-17)15-9-10-22(12-15)13-16-11-21-19-4-2-1-3-18(16)19/h1-8,11,15,21H,9-10,12-13H2,(H2,20,23,24). The second-order valence-electron chi connectivity index (χ2n) is 6.69. The molecule has 0 aliphatic carbocycles. The van der Waals surface area contributed by atoms with Gasteiger partial charge in [0, 0.05) is 30.2 Å². The summed E-state index contributed by atoms with van der Waals surface area (Å²) in [6.45, 7) is 2.95. The lowest BCUT2D eigenvalue weighted by Gasteiger charge is -2.16. The first-order valence-corrected chi connectivity index (χ1v) is 9.95. The van der Waals surface area contributed by atoms with E-state index in [9.17, 15) is 8.42 Å². The SMILES string of the molecule is NS(=O)(=O)c1ccc(C2CCN(Cc3c[nH]c4ccccc34)C2)cc1. The van der Waals surface area contributed by atoms with Crippen LogP contribution >= 0.6 is 0 Å². The molecule has 4 rings (SSSR count). The van der Waals surface area contributed by atoms with Crippen molar-refractivity contribution < 1.29 is 8.42 Å². The van der Waals surface area contributed by atoms with Crippen LogP contribution < -0.4 is 5.14 Å². The van der Waals surface area contributed by atoms with Gasteiger partial charge in [0.25, 0.3) is 0 Å². The Morgan fingerprint density at radius 2 is 1.88 bits per heavy atom. The largest absolute Gasteiger partial charge is 0.361 e. The van der Waals surface area contributed by atoms with Crippen molar-refractivity contribution in [3.05, 3.63) is 65.9 Å². The van der Waals surface area contributed by atoms with Gasteiger partial charge in [-0.05, 0) is 48.2 Å². The highest BCUT2D eigenvalue weighted by atomic mass is 32.2. The molecule has 1 unspecified atom stereocenters. The van der Waals surface area contributed by atoms with Crippen molar-refractivity contribution in [3.63, 3.8) is 0 Å². The van der Waals surface area contributed by atoms with Crippen molar-refractivity contribution >= 4 is 20.9 Å². The Balaban J connectivity index is 1.46. The van der Waals surface area contributed by atoms with Crippen LogP contribution in [0, 0.1) is 0 Å². The molecule has 5 nitrogen and oxygen atoms in total. The molecule has 3 aromatic rings. The average Bonchev–Trinajstić information content (AvgIpc) is 3.22. The van der Waals surface area contributed by atoms with Crippen LogP contribution in [0.1, 0.15) is 23.5 Å². The highest BCUT2D eigenvalue weighted by Crippen LogP contribution is 2.30. The van der Waals surface area contributed by atoms with E-state index in [0.29, 0.717) is 5.92 Å². The molecule has 0 amide bonds. The summed E-state index contributed by atoms with van der Waals surface area (Å²) < 4.78 is 22.7. The van der Waals surface area contributed by atoms with E-state index in [2.05, 4.69) is 34.3 Å². The number of likely N-dealkylation sites (tertiary alicyclic amines) is 1. The molecular weight excluding hydrogens is 334 g/mol. The average molecular weight is 355 g/mol. The Morgan fingerprint density at radius 3 is 2.64 bits per heavy atom. The number of H-pyrrole nitrogens is 1. The van der Waals surface area contributed by atoms with Crippen molar-refractivity contribution in [1.29, 1.82) is 0 Å². The Hall–Kier alpha value is -2.15. The molecule has 0 saturated carbocycles. The Kier molecular flexibility index (Phi) is 4.11. The van der Waals surface area contributed by atoms with Gasteiger partial charge in [-0.15, -0.1) is 0 Å². The van der Waals surface area contributed by atoms with E-state index in [1.165, 1.54) is 22.0 Å². The molecule has 2 aromatic carbocycles. The molecule has 1 aromatic heterocycles. The highest BCUT2D eigenvalue weighted by molar-refractivity contribution is 7.89. The third-order valence-corrected chi connectivity index (χ3v) is 5.95. The molecule has 2 heterocycles. The van der Waals surface area contributed by atoms with Gasteiger partial charge in [0.05, 0.1) is 4.90 Å². The highest BCUT2D eigenvalue weighted by Gasteiger charge is 2.24. The minimum Gasteiger partial charge on any atom is -0.361 e. The summed E-state index contributed by atoms with van der Waals surface area (Å²) in [4.78, 5) is 5.95. The minimum absolute atomic E-state index is 0.171. The third-order valence-electron chi connectivity index (χ3n) is 5.02. The van der Waals surface area contributed by atoms with E-state index in [0.717, 1.165) is 26.1 Å². The lowest BCUT2D eigenvalue weighted by Crippen LogP contribution is -2.19. The topological polar surface area (TPSA) is 79.2 Å². The van der Waals surface area contributed by atoms with Crippen LogP contribution in [0.15, 0.2) is 59.6 Å². The number of aromatic amines is 1. The van der Waals surface area contributed by atoms with Crippen LogP contribution in [0.5, 0.6) is 0 Å². The van der Waals surface area contributed by atoms with E-state index in [1.54, 1.807) is 12.1 Å². The second kappa shape index (κ2) is 6.29. The van der Waals surface area contributed by atoms with Crippen molar-refractivity contribution in [1.82, 2.24) is 9.88 Å². The number of nitrogens with two attached hydrogens (primary N) is 1.